The second kappa shape index (κ2) is 13.7. The van der Waals surface area contributed by atoms with Crippen molar-refractivity contribution >= 4 is 35.4 Å². The minimum Gasteiger partial charge on any atom is -0.387 e. The smallest absolute Gasteiger partial charge is 0.317 e. The van der Waals surface area contributed by atoms with Gasteiger partial charge in [0.1, 0.15) is 11.7 Å². The highest BCUT2D eigenvalue weighted by molar-refractivity contribution is 6.05. The Balaban J connectivity index is 1.43. The van der Waals surface area contributed by atoms with Crippen LogP contribution in [0.25, 0.3) is 17.2 Å². The van der Waals surface area contributed by atoms with Gasteiger partial charge in [0.25, 0.3) is 5.91 Å². The number of likely N-dealkylation sites (tertiary alicyclic amines) is 1. The first-order valence-electron chi connectivity index (χ1n) is 13.5. The molecule has 1 fully saturated rings. The number of carbonyl (C=O) groups is 3. The van der Waals surface area contributed by atoms with Gasteiger partial charge in [-0.2, -0.15) is 0 Å². The number of fused-ring (bicyclic) bond motifs is 1. The topological polar surface area (TPSA) is 155 Å². The van der Waals surface area contributed by atoms with Gasteiger partial charge in [-0.3, -0.25) is 14.4 Å². The molecule has 2 aromatic rings. The number of rotatable bonds is 10. The van der Waals surface area contributed by atoms with Crippen LogP contribution in [0.5, 0.6) is 0 Å². The second-order valence-electron chi connectivity index (χ2n) is 9.69. The number of hydrogen-bond donors (Lipinski definition) is 3. The minimum absolute atomic E-state index is 0.103. The second-order valence-corrected chi connectivity index (χ2v) is 9.69. The largest absolute Gasteiger partial charge is 0.387 e. The zero-order chi connectivity index (χ0) is 28.5. The Bertz CT molecular complexity index is 1290. The molecule has 0 saturated carbocycles. The molecule has 12 nitrogen and oxygen atoms in total. The third kappa shape index (κ3) is 7.63. The van der Waals surface area contributed by atoms with Gasteiger partial charge >= 0.3 is 6.03 Å². The fourth-order valence-corrected chi connectivity index (χ4v) is 4.44. The summed E-state index contributed by atoms with van der Waals surface area (Å²) in [6.07, 6.45) is 8.10. The number of aromatic nitrogens is 2. The van der Waals surface area contributed by atoms with E-state index in [1.54, 1.807) is 23.4 Å². The van der Waals surface area contributed by atoms with Crippen LogP contribution < -0.4 is 16.4 Å². The summed E-state index contributed by atoms with van der Waals surface area (Å²) in [6, 6.07) is 5.56. The molecule has 212 valence electrons. The van der Waals surface area contributed by atoms with Gasteiger partial charge < -0.3 is 21.3 Å². The summed E-state index contributed by atoms with van der Waals surface area (Å²) in [7, 11) is 0. The van der Waals surface area contributed by atoms with Crippen molar-refractivity contribution in [1.82, 2.24) is 30.6 Å². The summed E-state index contributed by atoms with van der Waals surface area (Å²) in [5, 5.41) is 6.85. The van der Waals surface area contributed by atoms with Crippen LogP contribution in [0.15, 0.2) is 41.2 Å². The Morgan fingerprint density at radius 2 is 1.85 bits per heavy atom. The molecular formula is C28H36N8O4. The van der Waals surface area contributed by atoms with Gasteiger partial charge in [0, 0.05) is 68.6 Å². The molecule has 0 bridgehead atoms. The Morgan fingerprint density at radius 3 is 2.55 bits per heavy atom. The highest BCUT2D eigenvalue weighted by Gasteiger charge is 2.23. The van der Waals surface area contributed by atoms with Crippen molar-refractivity contribution < 1.29 is 19.2 Å². The molecule has 0 aliphatic carbocycles. The molecule has 4 rings (SSSR count). The van der Waals surface area contributed by atoms with E-state index < -0.39 is 0 Å². The summed E-state index contributed by atoms with van der Waals surface area (Å²) in [5.41, 5.74) is 9.70. The average Bonchev–Trinajstić information content (AvgIpc) is 3.43. The quantitative estimate of drug-likeness (QED) is 0.304. The number of hydroxylamine groups is 2. The lowest BCUT2D eigenvalue weighted by molar-refractivity contribution is -0.181. The fourth-order valence-electron chi connectivity index (χ4n) is 4.44. The maximum atomic E-state index is 13.4. The van der Waals surface area contributed by atoms with E-state index in [4.69, 9.17) is 10.6 Å². The van der Waals surface area contributed by atoms with E-state index in [1.807, 2.05) is 25.1 Å². The van der Waals surface area contributed by atoms with E-state index >= 15 is 0 Å². The Hall–Kier alpha value is -4.32. The predicted molar refractivity (Wildman–Crippen MR) is 151 cm³/mol. The van der Waals surface area contributed by atoms with Gasteiger partial charge in [0.2, 0.25) is 5.91 Å². The standard InChI is InChI=1S/C28H36N8O4/c1-3-9-36(40-12-8-30-28(39)35-10-4-5-11-35)27(38)22-13-21-7-6-20(14-24(21)34-25(29)15-22)23-16-32-26(33-17-23)18-31-19(2)37/h6-7,13-14,16-17H,3-5,8-12,15,18H2,1-2H3,(H2,29,34)(H,30,39)(H,31,37). The normalized spacial score (nSPS) is 14.5. The Kier molecular flexibility index (Phi) is 9.79. The monoisotopic (exact) mass is 548 g/mol. The maximum Gasteiger partial charge on any atom is 0.317 e. The van der Waals surface area contributed by atoms with E-state index in [2.05, 4.69) is 25.6 Å². The number of amides is 4. The number of amidine groups is 1. The lowest BCUT2D eigenvalue weighted by atomic mass is 10.0. The number of nitrogens with two attached hydrogens (primary N) is 1. The third-order valence-corrected chi connectivity index (χ3v) is 6.48. The molecule has 0 radical (unpaired) electrons. The van der Waals surface area contributed by atoms with E-state index in [9.17, 15) is 14.4 Å². The number of aliphatic imine (C=N–C) groups is 1. The Labute approximate surface area is 233 Å². The van der Waals surface area contributed by atoms with Crippen molar-refractivity contribution in [2.24, 2.45) is 10.7 Å². The van der Waals surface area contributed by atoms with Crippen LogP contribution in [0, 0.1) is 0 Å². The van der Waals surface area contributed by atoms with Crippen molar-refractivity contribution in [2.75, 3.05) is 32.8 Å². The molecular weight excluding hydrogens is 512 g/mol. The SMILES string of the molecule is CCCN(OCCNC(=O)N1CCCC1)C(=O)C1=Cc2ccc(-c3cnc(CNC(C)=O)nc3)cc2N=C(N)C1. The summed E-state index contributed by atoms with van der Waals surface area (Å²) in [4.78, 5) is 57.5. The van der Waals surface area contributed by atoms with Gasteiger partial charge in [-0.25, -0.2) is 24.8 Å². The summed E-state index contributed by atoms with van der Waals surface area (Å²) >= 11 is 0. The number of hydrogen-bond acceptors (Lipinski definition) is 8. The number of nitrogens with zero attached hydrogens (tertiary/aromatic N) is 5. The van der Waals surface area contributed by atoms with Crippen LogP contribution in [0.4, 0.5) is 10.5 Å². The lowest BCUT2D eigenvalue weighted by Gasteiger charge is -2.23. The summed E-state index contributed by atoms with van der Waals surface area (Å²) < 4.78 is 0. The highest BCUT2D eigenvalue weighted by Crippen LogP contribution is 2.31. The molecule has 1 aromatic heterocycles. The van der Waals surface area contributed by atoms with Gasteiger partial charge in [0.05, 0.1) is 18.8 Å². The zero-order valence-electron chi connectivity index (χ0n) is 23.0. The van der Waals surface area contributed by atoms with Crippen LogP contribution in [0.1, 0.15) is 50.9 Å². The van der Waals surface area contributed by atoms with E-state index in [0.717, 1.165) is 42.6 Å². The molecule has 1 aromatic carbocycles. The van der Waals surface area contributed by atoms with E-state index in [1.165, 1.54) is 12.0 Å². The molecule has 40 heavy (non-hydrogen) atoms. The maximum absolute atomic E-state index is 13.4. The van der Waals surface area contributed by atoms with Gasteiger partial charge in [-0.1, -0.05) is 19.1 Å². The van der Waals surface area contributed by atoms with Crippen molar-refractivity contribution in [3.63, 3.8) is 0 Å². The third-order valence-electron chi connectivity index (χ3n) is 6.48. The number of benzene rings is 1. The van der Waals surface area contributed by atoms with Crippen LogP contribution in [0.2, 0.25) is 0 Å². The first-order valence-corrected chi connectivity index (χ1v) is 13.5. The van der Waals surface area contributed by atoms with Crippen LogP contribution in [-0.2, 0) is 21.0 Å². The molecule has 0 unspecified atom stereocenters. The van der Waals surface area contributed by atoms with E-state index in [-0.39, 0.29) is 37.4 Å². The zero-order valence-corrected chi connectivity index (χ0v) is 23.0. The van der Waals surface area contributed by atoms with Crippen molar-refractivity contribution in [3.05, 3.63) is 47.6 Å². The minimum atomic E-state index is -0.286. The van der Waals surface area contributed by atoms with Gasteiger partial charge in [-0.05, 0) is 37.0 Å². The number of nitrogens with one attached hydrogen (secondary N) is 2. The van der Waals surface area contributed by atoms with Gasteiger partial charge in [-0.15, -0.1) is 0 Å². The summed E-state index contributed by atoms with van der Waals surface area (Å²) in [5.74, 6) is 0.387. The average molecular weight is 549 g/mol. The molecule has 1 saturated heterocycles. The highest BCUT2D eigenvalue weighted by atomic mass is 16.7. The lowest BCUT2D eigenvalue weighted by Crippen LogP contribution is -2.41. The van der Waals surface area contributed by atoms with Crippen molar-refractivity contribution in [1.29, 1.82) is 0 Å². The number of carbonyl (C=O) groups excluding carboxylic acids is 3. The molecule has 2 aliphatic heterocycles. The first-order chi connectivity index (χ1) is 19.3. The molecule has 0 atom stereocenters. The molecule has 2 aliphatic rings. The van der Waals surface area contributed by atoms with Gasteiger partial charge in [0.15, 0.2) is 0 Å². The molecule has 4 amide bonds. The van der Waals surface area contributed by atoms with Crippen molar-refractivity contribution in [3.8, 4) is 11.1 Å². The van der Waals surface area contributed by atoms with E-state index in [0.29, 0.717) is 42.4 Å². The first kappa shape index (κ1) is 28.7. The molecule has 3 heterocycles. The predicted octanol–water partition coefficient (Wildman–Crippen LogP) is 2.53. The molecule has 12 heteroatoms. The number of urea groups is 1. The van der Waals surface area contributed by atoms with Crippen LogP contribution in [-0.4, -0.2) is 76.4 Å². The van der Waals surface area contributed by atoms with Crippen LogP contribution >= 0.6 is 0 Å². The summed E-state index contributed by atoms with van der Waals surface area (Å²) in [6.45, 7) is 6.08. The molecule has 0 spiro atoms. The van der Waals surface area contributed by atoms with Crippen molar-refractivity contribution in [2.45, 2.75) is 46.1 Å². The van der Waals surface area contributed by atoms with Crippen LogP contribution in [0.3, 0.4) is 0 Å². The molecule has 4 N–H and O–H groups in total. The fraction of sp³-hybridized carbons (Fsp3) is 0.429. The Morgan fingerprint density at radius 1 is 1.10 bits per heavy atom.